The molecule has 3 nitrogen and oxygen atoms in total. The van der Waals surface area contributed by atoms with Crippen LogP contribution >= 0.6 is 0 Å². The van der Waals surface area contributed by atoms with Gasteiger partial charge in [-0.2, -0.15) is 0 Å². The van der Waals surface area contributed by atoms with Crippen molar-refractivity contribution in [3.05, 3.63) is 58.7 Å². The van der Waals surface area contributed by atoms with Gasteiger partial charge in [0.25, 0.3) is 0 Å². The molecule has 2 aromatic rings. The maximum absolute atomic E-state index is 3.72. The summed E-state index contributed by atoms with van der Waals surface area (Å²) < 4.78 is 0. The monoisotopic (exact) mass is 549 g/mol. The molecule has 0 unspecified atom stereocenters. The molecule has 0 aliphatic carbocycles. The van der Waals surface area contributed by atoms with E-state index in [1.165, 1.54) is 33.6 Å². The summed E-state index contributed by atoms with van der Waals surface area (Å²) in [5, 5.41) is 11.0. The maximum atomic E-state index is 3.72. The summed E-state index contributed by atoms with van der Waals surface area (Å²) in [5.41, 5.74) is 8.33. The molecule has 0 heterocycles. The molecule has 0 atom stereocenters. The quantitative estimate of drug-likeness (QED) is 0.276. The second kappa shape index (κ2) is 17.5. The summed E-state index contributed by atoms with van der Waals surface area (Å²) >= 11 is 0. The van der Waals surface area contributed by atoms with Crippen molar-refractivity contribution in [3.8, 4) is 0 Å². The summed E-state index contributed by atoms with van der Waals surface area (Å²) in [6.07, 6.45) is 0. The first kappa shape index (κ1) is 35.3. The number of hydrogen-bond acceptors (Lipinski definition) is 3. The first-order valence-electron chi connectivity index (χ1n) is 12.2. The number of para-hydroxylation sites is 2. The SMILES string of the molecule is CC(C)c1cccc(C(C)C)c1NCCNCCNc1c(C(C)C)cccc1C(C)C.[Cl-].[Cl-].[Fe+2]. The maximum Gasteiger partial charge on any atom is 2.00 e. The summed E-state index contributed by atoms with van der Waals surface area (Å²) in [4.78, 5) is 0. The van der Waals surface area contributed by atoms with Crippen LogP contribution in [-0.2, 0) is 17.1 Å². The Balaban J connectivity index is 0. The fraction of sp³-hybridized carbons (Fsp3) is 0.571. The minimum Gasteiger partial charge on any atom is -1.00 e. The number of nitrogens with one attached hydrogen (secondary N) is 3. The predicted molar refractivity (Wildman–Crippen MR) is 139 cm³/mol. The minimum atomic E-state index is 0. The molecular weight excluding hydrogens is 505 g/mol. The molecule has 0 spiro atoms. The third-order valence-corrected chi connectivity index (χ3v) is 5.95. The van der Waals surface area contributed by atoms with Gasteiger partial charge in [-0.1, -0.05) is 91.8 Å². The van der Waals surface area contributed by atoms with Crippen molar-refractivity contribution >= 4 is 11.4 Å². The minimum absolute atomic E-state index is 0. The van der Waals surface area contributed by atoms with Gasteiger partial charge in [0.15, 0.2) is 0 Å². The number of benzene rings is 2. The van der Waals surface area contributed by atoms with Crippen LogP contribution in [0.25, 0.3) is 0 Å². The van der Waals surface area contributed by atoms with Crippen LogP contribution in [0.1, 0.15) is 101 Å². The topological polar surface area (TPSA) is 36.1 Å². The van der Waals surface area contributed by atoms with Crippen molar-refractivity contribution in [2.75, 3.05) is 36.8 Å². The third-order valence-electron chi connectivity index (χ3n) is 5.95. The molecule has 0 saturated carbocycles. The van der Waals surface area contributed by atoms with E-state index in [-0.39, 0.29) is 41.9 Å². The van der Waals surface area contributed by atoms with Crippen molar-refractivity contribution in [2.45, 2.75) is 79.1 Å². The molecular formula is C28H45Cl2FeN3. The Morgan fingerprint density at radius 2 is 0.765 bits per heavy atom. The molecule has 6 heteroatoms. The van der Waals surface area contributed by atoms with Crippen molar-refractivity contribution in [1.82, 2.24) is 5.32 Å². The average Bonchev–Trinajstić information content (AvgIpc) is 2.72. The van der Waals surface area contributed by atoms with Crippen molar-refractivity contribution < 1.29 is 41.9 Å². The van der Waals surface area contributed by atoms with Gasteiger partial charge in [-0.05, 0) is 45.9 Å². The molecule has 0 bridgehead atoms. The number of anilines is 2. The first-order valence-corrected chi connectivity index (χ1v) is 12.2. The number of halogens is 2. The third kappa shape index (κ3) is 9.99. The van der Waals surface area contributed by atoms with Gasteiger partial charge in [-0.3, -0.25) is 0 Å². The molecule has 34 heavy (non-hydrogen) atoms. The van der Waals surface area contributed by atoms with Crippen LogP contribution in [-0.4, -0.2) is 26.2 Å². The van der Waals surface area contributed by atoms with Crippen LogP contribution in [0, 0.1) is 0 Å². The Labute approximate surface area is 232 Å². The van der Waals surface area contributed by atoms with Gasteiger partial charge in [0.1, 0.15) is 0 Å². The zero-order chi connectivity index (χ0) is 23.0. The van der Waals surface area contributed by atoms with Crippen molar-refractivity contribution in [3.63, 3.8) is 0 Å². The zero-order valence-corrected chi connectivity index (χ0v) is 24.8. The Morgan fingerprint density at radius 3 is 1.00 bits per heavy atom. The van der Waals surface area contributed by atoms with Crippen LogP contribution in [0.3, 0.4) is 0 Å². The van der Waals surface area contributed by atoms with Crippen molar-refractivity contribution in [2.24, 2.45) is 0 Å². The largest absolute Gasteiger partial charge is 2.00 e. The van der Waals surface area contributed by atoms with Gasteiger partial charge >= 0.3 is 17.1 Å². The number of rotatable bonds is 12. The van der Waals surface area contributed by atoms with Gasteiger partial charge < -0.3 is 40.8 Å². The molecule has 0 aliphatic heterocycles. The van der Waals surface area contributed by atoms with Crippen LogP contribution < -0.4 is 40.8 Å². The Hall–Kier alpha value is -0.901. The smallest absolute Gasteiger partial charge is 1.00 e. The predicted octanol–water partition coefficient (Wildman–Crippen LogP) is 1.30. The molecule has 3 N–H and O–H groups in total. The summed E-state index contributed by atoms with van der Waals surface area (Å²) in [5.74, 6) is 2.09. The van der Waals surface area contributed by atoms with E-state index in [0.717, 1.165) is 26.2 Å². The van der Waals surface area contributed by atoms with Crippen LogP contribution in [0.2, 0.25) is 0 Å². The van der Waals surface area contributed by atoms with Gasteiger partial charge in [0, 0.05) is 37.6 Å². The normalized spacial score (nSPS) is 10.7. The standard InChI is InChI=1S/C28H45N3.2ClH.Fe/c1-19(2)23-11-9-12-24(20(3)4)27(23)30-17-15-29-16-18-31-28-25(21(5)6)13-10-14-26(28)22(7)8;;;/h9-14,19-22,29-31H,15-18H2,1-8H3;2*1H;/q;;;+2/p-2. The molecule has 0 saturated heterocycles. The molecule has 194 valence electrons. The van der Waals surface area contributed by atoms with Crippen LogP contribution in [0.15, 0.2) is 36.4 Å². The van der Waals surface area contributed by atoms with E-state index < -0.39 is 0 Å². The Morgan fingerprint density at radius 1 is 0.500 bits per heavy atom. The van der Waals surface area contributed by atoms with Crippen LogP contribution in [0.4, 0.5) is 11.4 Å². The van der Waals surface area contributed by atoms with E-state index in [1.54, 1.807) is 0 Å². The van der Waals surface area contributed by atoms with E-state index in [4.69, 9.17) is 0 Å². The number of hydrogen-bond donors (Lipinski definition) is 3. The average molecular weight is 550 g/mol. The zero-order valence-electron chi connectivity index (χ0n) is 22.2. The summed E-state index contributed by atoms with van der Waals surface area (Å²) in [7, 11) is 0. The molecule has 0 radical (unpaired) electrons. The summed E-state index contributed by atoms with van der Waals surface area (Å²) in [6, 6.07) is 13.4. The Kier molecular flexibility index (Phi) is 18.2. The first-order chi connectivity index (χ1) is 14.7. The summed E-state index contributed by atoms with van der Waals surface area (Å²) in [6.45, 7) is 22.0. The van der Waals surface area contributed by atoms with Gasteiger partial charge in [0.2, 0.25) is 0 Å². The van der Waals surface area contributed by atoms with Gasteiger partial charge in [0.05, 0.1) is 0 Å². The molecule has 0 aliphatic rings. The van der Waals surface area contributed by atoms with E-state index in [9.17, 15) is 0 Å². The van der Waals surface area contributed by atoms with E-state index in [1.807, 2.05) is 0 Å². The van der Waals surface area contributed by atoms with E-state index in [0.29, 0.717) is 23.7 Å². The van der Waals surface area contributed by atoms with Crippen LogP contribution in [0.5, 0.6) is 0 Å². The van der Waals surface area contributed by atoms with Gasteiger partial charge in [-0.15, -0.1) is 0 Å². The molecule has 0 amide bonds. The Bertz CT molecular complexity index is 703. The van der Waals surface area contributed by atoms with Gasteiger partial charge in [-0.25, -0.2) is 0 Å². The molecule has 0 fully saturated rings. The second-order valence-corrected chi connectivity index (χ2v) is 9.85. The molecule has 2 rings (SSSR count). The second-order valence-electron chi connectivity index (χ2n) is 9.85. The molecule has 0 aromatic heterocycles. The molecule has 2 aromatic carbocycles. The fourth-order valence-electron chi connectivity index (χ4n) is 4.19. The van der Waals surface area contributed by atoms with E-state index >= 15 is 0 Å². The van der Waals surface area contributed by atoms with E-state index in [2.05, 4.69) is 108 Å². The fourth-order valence-corrected chi connectivity index (χ4v) is 4.19. The van der Waals surface area contributed by atoms with Crippen molar-refractivity contribution in [1.29, 1.82) is 0 Å².